The maximum Gasteiger partial charge on any atom is 0.273 e. The quantitative estimate of drug-likeness (QED) is 0.380. The summed E-state index contributed by atoms with van der Waals surface area (Å²) in [5.41, 5.74) is -0.282. The van der Waals surface area contributed by atoms with Crippen LogP contribution in [0.15, 0.2) is 18.2 Å². The number of carbonyl (C=O) groups excluding carboxylic acids is 2. The van der Waals surface area contributed by atoms with Gasteiger partial charge in [0, 0.05) is 32.2 Å². The number of nitro benzene ring substituents is 1. The second kappa shape index (κ2) is 7.54. The van der Waals surface area contributed by atoms with Gasteiger partial charge in [-0.05, 0) is 12.5 Å². The maximum atomic E-state index is 11.9. The molecule has 1 aromatic rings. The number of carbonyl (C=O) groups is 2. The molecule has 0 spiro atoms. The van der Waals surface area contributed by atoms with Crippen molar-refractivity contribution in [3.8, 4) is 5.75 Å². The monoisotopic (exact) mass is 322 g/mol. The Morgan fingerprint density at radius 2 is 2.26 bits per heavy atom. The molecule has 1 fully saturated rings. The van der Waals surface area contributed by atoms with E-state index in [0.29, 0.717) is 32.6 Å². The van der Waals surface area contributed by atoms with Gasteiger partial charge in [0.1, 0.15) is 5.75 Å². The van der Waals surface area contributed by atoms with Crippen LogP contribution in [-0.4, -0.2) is 59.5 Å². The largest absolute Gasteiger partial charge is 0.507 e. The Kier molecular flexibility index (Phi) is 5.47. The molecule has 0 aromatic heterocycles. The van der Waals surface area contributed by atoms with Crippen LogP contribution in [0.5, 0.6) is 5.75 Å². The van der Waals surface area contributed by atoms with Crippen LogP contribution in [0.1, 0.15) is 16.8 Å². The first kappa shape index (κ1) is 16.7. The molecule has 3 N–H and O–H groups in total. The summed E-state index contributed by atoms with van der Waals surface area (Å²) in [4.78, 5) is 35.1. The van der Waals surface area contributed by atoms with Crippen molar-refractivity contribution in [3.05, 3.63) is 33.9 Å². The highest BCUT2D eigenvalue weighted by molar-refractivity contribution is 5.97. The summed E-state index contributed by atoms with van der Waals surface area (Å²) in [6, 6.07) is 3.33. The molecule has 1 saturated heterocycles. The average Bonchev–Trinajstić information content (AvgIpc) is 2.51. The van der Waals surface area contributed by atoms with E-state index in [2.05, 4.69) is 10.6 Å². The lowest BCUT2D eigenvalue weighted by atomic mass is 10.1. The molecule has 0 radical (unpaired) electrons. The number of nitro groups is 1. The first-order valence-electron chi connectivity index (χ1n) is 7.22. The number of hydrogen-bond donors (Lipinski definition) is 3. The van der Waals surface area contributed by atoms with E-state index in [-0.39, 0.29) is 17.2 Å². The fourth-order valence-electron chi connectivity index (χ4n) is 2.31. The van der Waals surface area contributed by atoms with Gasteiger partial charge in [-0.3, -0.25) is 24.6 Å². The summed E-state index contributed by atoms with van der Waals surface area (Å²) in [6.45, 7) is 2.83. The Balaban J connectivity index is 1.78. The van der Waals surface area contributed by atoms with Crippen molar-refractivity contribution in [2.24, 2.45) is 0 Å². The van der Waals surface area contributed by atoms with Crippen LogP contribution < -0.4 is 10.6 Å². The van der Waals surface area contributed by atoms with Crippen LogP contribution in [0, 0.1) is 10.1 Å². The van der Waals surface area contributed by atoms with Crippen molar-refractivity contribution in [1.82, 2.24) is 15.5 Å². The molecule has 0 atom stereocenters. The van der Waals surface area contributed by atoms with Crippen molar-refractivity contribution in [3.63, 3.8) is 0 Å². The Bertz CT molecular complexity index is 619. The minimum Gasteiger partial charge on any atom is -0.507 e. The van der Waals surface area contributed by atoms with Crippen LogP contribution in [0.25, 0.3) is 0 Å². The van der Waals surface area contributed by atoms with Gasteiger partial charge in [0.15, 0.2) is 0 Å². The summed E-state index contributed by atoms with van der Waals surface area (Å²) >= 11 is 0. The second-order valence-corrected chi connectivity index (χ2v) is 5.19. The fraction of sp³-hybridized carbons (Fsp3) is 0.429. The highest BCUT2D eigenvalue weighted by Gasteiger charge is 2.17. The highest BCUT2D eigenvalue weighted by Crippen LogP contribution is 2.23. The van der Waals surface area contributed by atoms with Crippen LogP contribution in [0.3, 0.4) is 0 Å². The predicted octanol–water partition coefficient (Wildman–Crippen LogP) is -0.148. The van der Waals surface area contributed by atoms with E-state index >= 15 is 0 Å². The summed E-state index contributed by atoms with van der Waals surface area (Å²) in [5.74, 6) is -0.922. The van der Waals surface area contributed by atoms with E-state index in [9.17, 15) is 24.8 Å². The maximum absolute atomic E-state index is 11.9. The first-order valence-corrected chi connectivity index (χ1v) is 7.22. The minimum atomic E-state index is -0.643. The van der Waals surface area contributed by atoms with Gasteiger partial charge in [0.05, 0.1) is 23.1 Å². The lowest BCUT2D eigenvalue weighted by Crippen LogP contribution is -2.48. The van der Waals surface area contributed by atoms with E-state index in [1.54, 1.807) is 0 Å². The Morgan fingerprint density at radius 3 is 2.91 bits per heavy atom. The molecule has 124 valence electrons. The number of hydrogen-bond acceptors (Lipinski definition) is 6. The van der Waals surface area contributed by atoms with Gasteiger partial charge in [-0.25, -0.2) is 0 Å². The number of rotatable bonds is 6. The van der Waals surface area contributed by atoms with Crippen LogP contribution in [0.4, 0.5) is 5.69 Å². The molecular formula is C14H18N4O5. The van der Waals surface area contributed by atoms with Crippen LogP contribution in [0.2, 0.25) is 0 Å². The van der Waals surface area contributed by atoms with Crippen LogP contribution in [-0.2, 0) is 4.79 Å². The number of nitrogens with zero attached hydrogens (tertiary/aromatic N) is 2. The van der Waals surface area contributed by atoms with Gasteiger partial charge >= 0.3 is 0 Å². The molecule has 0 aliphatic carbocycles. The predicted molar refractivity (Wildman–Crippen MR) is 81.2 cm³/mol. The molecule has 1 aliphatic rings. The molecule has 1 aromatic carbocycles. The molecule has 1 aliphatic heterocycles. The number of piperazine rings is 1. The third-order valence-electron chi connectivity index (χ3n) is 3.49. The molecule has 2 amide bonds. The number of phenolic OH excluding ortho intramolecular Hbond substituents is 1. The van der Waals surface area contributed by atoms with E-state index < -0.39 is 16.6 Å². The highest BCUT2D eigenvalue weighted by atomic mass is 16.6. The normalized spacial score (nSPS) is 15.0. The molecule has 0 unspecified atom stereocenters. The summed E-state index contributed by atoms with van der Waals surface area (Å²) in [6.07, 6.45) is 0.659. The zero-order chi connectivity index (χ0) is 16.8. The molecule has 0 saturated carbocycles. The van der Waals surface area contributed by atoms with Crippen molar-refractivity contribution in [2.75, 3.05) is 32.7 Å². The number of nitrogens with one attached hydrogen (secondary N) is 2. The van der Waals surface area contributed by atoms with Crippen molar-refractivity contribution in [1.29, 1.82) is 0 Å². The topological polar surface area (TPSA) is 125 Å². The first-order chi connectivity index (χ1) is 11.0. The van der Waals surface area contributed by atoms with Gasteiger partial charge in [0.25, 0.3) is 11.6 Å². The molecule has 0 bridgehead atoms. The van der Waals surface area contributed by atoms with E-state index in [1.165, 1.54) is 12.1 Å². The lowest BCUT2D eigenvalue weighted by Gasteiger charge is -2.26. The summed E-state index contributed by atoms with van der Waals surface area (Å²) in [7, 11) is 0. The average molecular weight is 322 g/mol. The third-order valence-corrected chi connectivity index (χ3v) is 3.49. The van der Waals surface area contributed by atoms with Gasteiger partial charge in [-0.1, -0.05) is 0 Å². The van der Waals surface area contributed by atoms with Gasteiger partial charge in [-0.2, -0.15) is 0 Å². The zero-order valence-electron chi connectivity index (χ0n) is 12.4. The summed E-state index contributed by atoms with van der Waals surface area (Å²) < 4.78 is 0. The number of aromatic hydroxyl groups is 1. The van der Waals surface area contributed by atoms with Crippen molar-refractivity contribution in [2.45, 2.75) is 6.42 Å². The third kappa shape index (κ3) is 4.65. The number of amides is 2. The molecular weight excluding hydrogens is 304 g/mol. The van der Waals surface area contributed by atoms with Crippen LogP contribution >= 0.6 is 0 Å². The Morgan fingerprint density at radius 1 is 1.48 bits per heavy atom. The number of phenols is 1. The zero-order valence-corrected chi connectivity index (χ0v) is 12.4. The van der Waals surface area contributed by atoms with E-state index in [4.69, 9.17) is 0 Å². The molecule has 9 nitrogen and oxygen atoms in total. The molecule has 2 rings (SSSR count). The van der Waals surface area contributed by atoms with Crippen molar-refractivity contribution >= 4 is 17.5 Å². The van der Waals surface area contributed by atoms with Gasteiger partial charge < -0.3 is 15.7 Å². The molecule has 9 heteroatoms. The standard InChI is InChI=1S/C14H18N4O5/c19-12-8-10(18(22)23)2-3-11(12)14(21)16-4-1-6-17-7-5-15-13(20)9-17/h2-3,8,19H,1,4-7,9H2,(H,15,20)(H,16,21). The van der Waals surface area contributed by atoms with Crippen molar-refractivity contribution < 1.29 is 19.6 Å². The number of non-ortho nitro benzene ring substituents is 1. The smallest absolute Gasteiger partial charge is 0.273 e. The van der Waals surface area contributed by atoms with Gasteiger partial charge in [-0.15, -0.1) is 0 Å². The lowest BCUT2D eigenvalue weighted by molar-refractivity contribution is -0.384. The fourth-order valence-corrected chi connectivity index (χ4v) is 2.31. The molecule has 23 heavy (non-hydrogen) atoms. The molecule has 1 heterocycles. The Hall–Kier alpha value is -2.68. The van der Waals surface area contributed by atoms with Gasteiger partial charge in [0.2, 0.25) is 5.91 Å². The SMILES string of the molecule is O=C1CN(CCCNC(=O)c2ccc([N+](=O)[O-])cc2O)CCN1. The Labute approximate surface area is 132 Å². The van der Waals surface area contributed by atoms with E-state index in [0.717, 1.165) is 12.6 Å². The number of benzene rings is 1. The summed E-state index contributed by atoms with van der Waals surface area (Å²) in [5, 5.41) is 25.6. The van der Waals surface area contributed by atoms with E-state index in [1.807, 2.05) is 4.90 Å². The second-order valence-electron chi connectivity index (χ2n) is 5.19. The minimum absolute atomic E-state index is 0.00362.